The lowest BCUT2D eigenvalue weighted by Crippen LogP contribution is -2.35. The fourth-order valence-electron chi connectivity index (χ4n) is 2.17. The van der Waals surface area contributed by atoms with Crippen LogP contribution in [0.25, 0.3) is 0 Å². The topological polar surface area (TPSA) is 76.6 Å². The van der Waals surface area contributed by atoms with Gasteiger partial charge in [-0.25, -0.2) is 0 Å². The van der Waals surface area contributed by atoms with E-state index < -0.39 is 63.1 Å². The first-order valence-electron chi connectivity index (χ1n) is 7.31. The number of halogens is 7. The minimum atomic E-state index is -4.99. The molecule has 0 amide bonds. The minimum absolute atomic E-state index is 0.231. The summed E-state index contributed by atoms with van der Waals surface area (Å²) >= 11 is 6.09. The molecule has 0 fully saturated rings. The molecule has 6 nitrogen and oxygen atoms in total. The molecule has 0 aliphatic carbocycles. The van der Waals surface area contributed by atoms with Crippen molar-refractivity contribution < 1.29 is 40.1 Å². The van der Waals surface area contributed by atoms with E-state index in [0.717, 1.165) is 6.92 Å². The molecule has 1 aromatic heterocycles. The van der Waals surface area contributed by atoms with Crippen molar-refractivity contribution in [2.75, 3.05) is 6.61 Å². The van der Waals surface area contributed by atoms with Gasteiger partial charge in [0.1, 0.15) is 11.1 Å². The van der Waals surface area contributed by atoms with Gasteiger partial charge in [-0.3, -0.25) is 9.31 Å². The van der Waals surface area contributed by atoms with Crippen LogP contribution in [0.2, 0.25) is 0 Å². The van der Waals surface area contributed by atoms with Gasteiger partial charge in [0.2, 0.25) is 5.88 Å². The van der Waals surface area contributed by atoms with Gasteiger partial charge in [-0.15, -0.1) is 16.7 Å². The van der Waals surface area contributed by atoms with E-state index in [2.05, 4.69) is 15.0 Å². The Labute approximate surface area is 156 Å². The summed E-state index contributed by atoms with van der Waals surface area (Å²) < 4.78 is 93.8. The number of oxime groups is 1. The molecule has 1 aromatic rings. The first kappa shape index (κ1) is 21.8. The van der Waals surface area contributed by atoms with Crippen LogP contribution < -0.4 is 4.74 Å². The summed E-state index contributed by atoms with van der Waals surface area (Å²) in [5.74, 6) is -0.953. The Morgan fingerprint density at radius 1 is 1.33 bits per heavy atom. The maximum atomic E-state index is 13.2. The maximum absolute atomic E-state index is 13.2. The molecule has 14 heteroatoms. The number of H-pyrrole nitrogens is 1. The summed E-state index contributed by atoms with van der Waals surface area (Å²) in [7, 11) is -2.25. The first-order valence-corrected chi connectivity index (χ1v) is 8.96. The number of ether oxygens (including phenoxy) is 1. The van der Waals surface area contributed by atoms with E-state index in [1.54, 1.807) is 5.10 Å². The fraction of sp³-hybridized carbons (Fsp3) is 0.692. The van der Waals surface area contributed by atoms with Gasteiger partial charge < -0.3 is 9.57 Å². The van der Waals surface area contributed by atoms with Crippen LogP contribution in [0.1, 0.15) is 37.3 Å². The third-order valence-corrected chi connectivity index (χ3v) is 6.02. The van der Waals surface area contributed by atoms with Crippen LogP contribution in [0, 0.1) is 0 Å². The highest BCUT2D eigenvalue weighted by Crippen LogP contribution is 2.41. The number of nitrogens with one attached hydrogen (secondary N) is 1. The summed E-state index contributed by atoms with van der Waals surface area (Å²) in [6.45, 7) is 2.30. The van der Waals surface area contributed by atoms with Crippen molar-refractivity contribution in [2.24, 2.45) is 5.16 Å². The van der Waals surface area contributed by atoms with E-state index in [1.807, 2.05) is 0 Å². The predicted octanol–water partition coefficient (Wildman–Crippen LogP) is 3.91. The number of hydrogen-bond acceptors (Lipinski definition) is 5. The summed E-state index contributed by atoms with van der Waals surface area (Å²) in [6, 6.07) is 0. The average Bonchev–Trinajstić information content (AvgIpc) is 3.05. The molecule has 0 saturated heterocycles. The van der Waals surface area contributed by atoms with E-state index in [0.29, 0.717) is 0 Å². The molecule has 0 radical (unpaired) electrons. The first-order chi connectivity index (χ1) is 12.1. The quantitative estimate of drug-likeness (QED) is 0.568. The second-order valence-corrected chi connectivity index (χ2v) is 8.30. The van der Waals surface area contributed by atoms with E-state index in [9.17, 15) is 30.6 Å². The third-order valence-electron chi connectivity index (χ3n) is 3.56. The summed E-state index contributed by atoms with van der Waals surface area (Å²) in [6.07, 6.45) is -9.79. The Bertz CT molecular complexity index is 761. The molecule has 0 spiro atoms. The fourth-order valence-corrected chi connectivity index (χ4v) is 3.90. The molecule has 3 atom stereocenters. The van der Waals surface area contributed by atoms with Crippen LogP contribution in [0.4, 0.5) is 26.3 Å². The molecule has 2 rings (SSSR count). The molecule has 0 aromatic carbocycles. The van der Waals surface area contributed by atoms with Crippen molar-refractivity contribution in [3.8, 4) is 5.88 Å². The number of aromatic amines is 1. The number of rotatable bonds is 4. The third kappa shape index (κ3) is 4.68. The minimum Gasteiger partial charge on any atom is -0.467 e. The average molecular weight is 442 g/mol. The summed E-state index contributed by atoms with van der Waals surface area (Å²) in [4.78, 5) is 5.01. The lowest BCUT2D eigenvalue weighted by molar-refractivity contribution is -0.154. The van der Waals surface area contributed by atoms with Gasteiger partial charge in [-0.05, 0) is 20.8 Å². The Kier molecular flexibility index (Phi) is 5.77. The van der Waals surface area contributed by atoms with Gasteiger partial charge in [0, 0.05) is 0 Å². The zero-order valence-electron chi connectivity index (χ0n) is 14.0. The Hall–Kier alpha value is -1.50. The monoisotopic (exact) mass is 441 g/mol. The highest BCUT2D eigenvalue weighted by atomic mass is 35.5. The van der Waals surface area contributed by atoms with Crippen LogP contribution in [0.3, 0.4) is 0 Å². The highest BCUT2D eigenvalue weighted by molar-refractivity contribution is 8.01. The molecular formula is C13H14ClF6N3O3S. The van der Waals surface area contributed by atoms with Crippen LogP contribution in [0.5, 0.6) is 5.88 Å². The smallest absolute Gasteiger partial charge is 0.433 e. The van der Waals surface area contributed by atoms with Crippen LogP contribution >= 0.6 is 11.6 Å². The molecule has 27 heavy (non-hydrogen) atoms. The van der Waals surface area contributed by atoms with Crippen LogP contribution in [-0.2, 0) is 21.8 Å². The second-order valence-electron chi connectivity index (χ2n) is 6.15. The van der Waals surface area contributed by atoms with E-state index in [-0.39, 0.29) is 5.04 Å². The van der Waals surface area contributed by atoms with Crippen LogP contribution in [0.15, 0.2) is 5.16 Å². The molecule has 1 aliphatic rings. The molecule has 1 aliphatic heterocycles. The van der Waals surface area contributed by atoms with Crippen molar-refractivity contribution in [1.82, 2.24) is 10.2 Å². The van der Waals surface area contributed by atoms with Crippen molar-refractivity contribution in [1.29, 1.82) is 0 Å². The summed E-state index contributed by atoms with van der Waals surface area (Å²) in [5, 5.41) is 5.59. The van der Waals surface area contributed by atoms with Crippen LogP contribution in [-0.4, -0.2) is 43.2 Å². The lowest BCUT2D eigenvalue weighted by Gasteiger charge is -2.20. The Morgan fingerprint density at radius 2 is 1.93 bits per heavy atom. The van der Waals surface area contributed by atoms with Crippen molar-refractivity contribution in [3.63, 3.8) is 0 Å². The summed E-state index contributed by atoms with van der Waals surface area (Å²) in [5.41, 5.74) is -3.34. The van der Waals surface area contributed by atoms with Crippen molar-refractivity contribution >= 4 is 27.4 Å². The highest BCUT2D eigenvalue weighted by Gasteiger charge is 2.47. The molecule has 0 bridgehead atoms. The number of aromatic nitrogens is 2. The van der Waals surface area contributed by atoms with E-state index >= 15 is 0 Å². The number of nitrogens with zero attached hydrogens (tertiary/aromatic N) is 2. The number of hydrogen-bond donors (Lipinski definition) is 1. The molecule has 2 heterocycles. The van der Waals surface area contributed by atoms with E-state index in [1.165, 1.54) is 13.8 Å². The molecule has 154 valence electrons. The second kappa shape index (κ2) is 7.15. The van der Waals surface area contributed by atoms with Gasteiger partial charge in [0.15, 0.2) is 17.3 Å². The Morgan fingerprint density at radius 3 is 2.37 bits per heavy atom. The van der Waals surface area contributed by atoms with E-state index in [4.69, 9.17) is 16.4 Å². The number of alkyl halides is 7. The predicted molar refractivity (Wildman–Crippen MR) is 83.9 cm³/mol. The zero-order valence-corrected chi connectivity index (χ0v) is 15.6. The molecular weight excluding hydrogens is 428 g/mol. The van der Waals surface area contributed by atoms with Crippen molar-refractivity contribution in [2.45, 2.75) is 49.4 Å². The lowest BCUT2D eigenvalue weighted by atomic mass is 10.1. The van der Waals surface area contributed by atoms with Gasteiger partial charge in [-0.2, -0.15) is 26.3 Å². The SMILES string of the molecule is CC(c1c(OCC(F)(F)F)n[nH]c1C(F)(F)F)S(=O)C1=NOC(C)(C)C1Cl. The maximum Gasteiger partial charge on any atom is 0.433 e. The molecule has 0 saturated carbocycles. The normalized spacial score (nSPS) is 22.1. The largest absolute Gasteiger partial charge is 0.467 e. The zero-order chi connectivity index (χ0) is 20.8. The Balaban J connectivity index is 2.40. The van der Waals surface area contributed by atoms with Gasteiger partial charge in [0.05, 0.1) is 21.6 Å². The molecule has 1 N–H and O–H groups in total. The standard InChI is InChI=1S/C13H14ClF6N3O3S/c1-5(27(24)10-7(14)11(2,3)26-23-10)6-8(13(18,19)20)21-22-9(6)25-4-12(15,16)17/h5,7H,4H2,1-3H3,(H,21,22). The van der Waals surface area contributed by atoms with Crippen molar-refractivity contribution in [3.05, 3.63) is 11.3 Å². The van der Waals surface area contributed by atoms with Gasteiger partial charge in [0.25, 0.3) is 0 Å². The van der Waals surface area contributed by atoms with Gasteiger partial charge in [-0.1, -0.05) is 5.16 Å². The van der Waals surface area contributed by atoms with Gasteiger partial charge >= 0.3 is 12.4 Å². The molecule has 3 unspecified atom stereocenters.